The zero-order valence-electron chi connectivity index (χ0n) is 22.8. The van der Waals surface area contributed by atoms with E-state index in [0.29, 0.717) is 0 Å². The summed E-state index contributed by atoms with van der Waals surface area (Å²) < 4.78 is 0. The standard InChI is InChI=1S/C35H34BN/c1-23-18-25(3)34(26(4)19-23)36(35-27(5)20-24(2)21-28(35)6)32-16-17-33(37-22-32)31-14-12-30(13-15-31)29-10-8-7-9-11-29/h7-22H,1-6H3. The van der Waals surface area contributed by atoms with Gasteiger partial charge in [-0.3, -0.25) is 4.98 Å². The van der Waals surface area contributed by atoms with Crippen LogP contribution in [0.15, 0.2) is 97.2 Å². The maximum Gasteiger partial charge on any atom is 0.244 e. The molecule has 0 fully saturated rings. The van der Waals surface area contributed by atoms with Gasteiger partial charge in [0.25, 0.3) is 0 Å². The van der Waals surface area contributed by atoms with E-state index in [1.807, 2.05) is 0 Å². The van der Waals surface area contributed by atoms with Gasteiger partial charge in [0, 0.05) is 11.8 Å². The van der Waals surface area contributed by atoms with E-state index in [0.717, 1.165) is 11.3 Å². The number of benzene rings is 4. The summed E-state index contributed by atoms with van der Waals surface area (Å²) in [6, 6.07) is 32.9. The van der Waals surface area contributed by atoms with E-state index in [4.69, 9.17) is 4.98 Å². The van der Waals surface area contributed by atoms with E-state index in [-0.39, 0.29) is 6.71 Å². The van der Waals surface area contributed by atoms with Gasteiger partial charge in [0.1, 0.15) is 0 Å². The molecule has 0 aliphatic rings. The molecule has 1 heterocycles. The minimum atomic E-state index is 0.142. The lowest BCUT2D eigenvalue weighted by Gasteiger charge is -2.24. The van der Waals surface area contributed by atoms with Gasteiger partial charge in [0.2, 0.25) is 6.71 Å². The summed E-state index contributed by atoms with van der Waals surface area (Å²) in [5, 5.41) is 0. The van der Waals surface area contributed by atoms with Crippen molar-refractivity contribution < 1.29 is 0 Å². The molecule has 1 nitrogen and oxygen atoms in total. The lowest BCUT2D eigenvalue weighted by Crippen LogP contribution is -2.56. The lowest BCUT2D eigenvalue weighted by molar-refractivity contribution is 1.33. The molecular formula is C35H34BN. The molecule has 0 bridgehead atoms. The molecule has 0 amide bonds. The fourth-order valence-corrected chi connectivity index (χ4v) is 5.98. The average Bonchev–Trinajstić information content (AvgIpc) is 2.87. The van der Waals surface area contributed by atoms with Gasteiger partial charge in [-0.15, -0.1) is 0 Å². The van der Waals surface area contributed by atoms with Crippen molar-refractivity contribution >= 4 is 23.1 Å². The zero-order chi connectivity index (χ0) is 26.1. The molecule has 4 aromatic carbocycles. The first-order valence-electron chi connectivity index (χ1n) is 13.1. The first kappa shape index (κ1) is 24.8. The second kappa shape index (κ2) is 10.2. The third kappa shape index (κ3) is 5.02. The van der Waals surface area contributed by atoms with Crippen LogP contribution in [0.1, 0.15) is 33.4 Å². The Morgan fingerprint density at radius 3 is 1.41 bits per heavy atom. The Balaban J connectivity index is 1.58. The number of nitrogens with zero attached hydrogens (tertiary/aromatic N) is 1. The van der Waals surface area contributed by atoms with Gasteiger partial charge in [-0.05, 0) is 58.7 Å². The van der Waals surface area contributed by atoms with E-state index < -0.39 is 0 Å². The van der Waals surface area contributed by atoms with Crippen LogP contribution in [0.5, 0.6) is 0 Å². The van der Waals surface area contributed by atoms with E-state index in [9.17, 15) is 0 Å². The number of aryl methyl sites for hydroxylation is 6. The van der Waals surface area contributed by atoms with E-state index in [2.05, 4.69) is 139 Å². The predicted octanol–water partition coefficient (Wildman–Crippen LogP) is 6.78. The second-order valence-corrected chi connectivity index (χ2v) is 10.5. The molecular weight excluding hydrogens is 445 g/mol. The summed E-state index contributed by atoms with van der Waals surface area (Å²) in [6.45, 7) is 13.5. The normalized spacial score (nSPS) is 11.0. The molecule has 1 aromatic heterocycles. The van der Waals surface area contributed by atoms with Crippen molar-refractivity contribution in [2.45, 2.75) is 41.5 Å². The molecule has 0 saturated carbocycles. The summed E-state index contributed by atoms with van der Waals surface area (Å²) in [5.74, 6) is 0. The van der Waals surface area contributed by atoms with Gasteiger partial charge < -0.3 is 0 Å². The number of pyridine rings is 1. The fraction of sp³-hybridized carbons (Fsp3) is 0.171. The highest BCUT2D eigenvalue weighted by Gasteiger charge is 2.28. The summed E-state index contributed by atoms with van der Waals surface area (Å²) in [5.41, 5.74) is 16.5. The van der Waals surface area contributed by atoms with Crippen LogP contribution in [0, 0.1) is 41.5 Å². The third-order valence-electron chi connectivity index (χ3n) is 7.46. The molecule has 37 heavy (non-hydrogen) atoms. The third-order valence-corrected chi connectivity index (χ3v) is 7.46. The van der Waals surface area contributed by atoms with Crippen LogP contribution in [-0.2, 0) is 0 Å². The van der Waals surface area contributed by atoms with Crippen molar-refractivity contribution in [2.24, 2.45) is 0 Å². The van der Waals surface area contributed by atoms with Gasteiger partial charge >= 0.3 is 0 Å². The Morgan fingerprint density at radius 2 is 0.946 bits per heavy atom. The van der Waals surface area contributed by atoms with Crippen LogP contribution in [-0.4, -0.2) is 11.7 Å². The molecule has 0 radical (unpaired) electrons. The predicted molar refractivity (Wildman–Crippen MR) is 161 cm³/mol. The maximum atomic E-state index is 4.98. The van der Waals surface area contributed by atoms with Crippen molar-refractivity contribution in [3.63, 3.8) is 0 Å². The number of hydrogen-bond acceptors (Lipinski definition) is 1. The Kier molecular flexibility index (Phi) is 6.85. The van der Waals surface area contributed by atoms with Gasteiger partial charge in [-0.1, -0.05) is 135 Å². The molecule has 0 atom stereocenters. The minimum absolute atomic E-state index is 0.142. The van der Waals surface area contributed by atoms with Crippen molar-refractivity contribution in [2.75, 3.05) is 0 Å². The summed E-state index contributed by atoms with van der Waals surface area (Å²) in [4.78, 5) is 4.98. The Hall–Kier alpha value is -3.91. The molecule has 182 valence electrons. The molecule has 0 aliphatic carbocycles. The van der Waals surface area contributed by atoms with Gasteiger partial charge in [-0.2, -0.15) is 0 Å². The highest BCUT2D eigenvalue weighted by molar-refractivity contribution is 6.96. The molecule has 2 heteroatoms. The largest absolute Gasteiger partial charge is 0.257 e. The molecule has 0 unspecified atom stereocenters. The maximum absolute atomic E-state index is 4.98. The summed E-state index contributed by atoms with van der Waals surface area (Å²) in [6.07, 6.45) is 2.09. The Bertz CT molecular complexity index is 1440. The average molecular weight is 479 g/mol. The van der Waals surface area contributed by atoms with Crippen molar-refractivity contribution in [1.29, 1.82) is 0 Å². The van der Waals surface area contributed by atoms with Crippen molar-refractivity contribution in [3.05, 3.63) is 131 Å². The van der Waals surface area contributed by atoms with E-state index >= 15 is 0 Å². The molecule has 5 rings (SSSR count). The van der Waals surface area contributed by atoms with Crippen LogP contribution in [0.4, 0.5) is 0 Å². The Labute approximate surface area is 222 Å². The number of hydrogen-bond donors (Lipinski definition) is 0. The number of rotatable bonds is 5. The Morgan fingerprint density at radius 1 is 0.486 bits per heavy atom. The first-order valence-corrected chi connectivity index (χ1v) is 13.1. The topological polar surface area (TPSA) is 12.9 Å². The molecule has 0 spiro atoms. The quantitative estimate of drug-likeness (QED) is 0.253. The highest BCUT2D eigenvalue weighted by atomic mass is 14.7. The SMILES string of the molecule is Cc1cc(C)c(B(c2ccc(-c3ccc(-c4ccccc4)cc3)nc2)c2c(C)cc(C)cc2C)c(C)c1. The van der Waals surface area contributed by atoms with Crippen LogP contribution in [0.3, 0.4) is 0 Å². The first-order chi connectivity index (χ1) is 17.8. The zero-order valence-corrected chi connectivity index (χ0v) is 22.8. The van der Waals surface area contributed by atoms with Crippen molar-refractivity contribution in [3.8, 4) is 22.4 Å². The molecule has 5 aromatic rings. The molecule has 0 aliphatic heterocycles. The number of aromatic nitrogens is 1. The van der Waals surface area contributed by atoms with Crippen LogP contribution in [0.2, 0.25) is 0 Å². The minimum Gasteiger partial charge on any atom is -0.257 e. The van der Waals surface area contributed by atoms with Crippen LogP contribution in [0.25, 0.3) is 22.4 Å². The molecule has 0 saturated heterocycles. The van der Waals surface area contributed by atoms with Crippen molar-refractivity contribution in [1.82, 2.24) is 4.98 Å². The summed E-state index contributed by atoms with van der Waals surface area (Å²) in [7, 11) is 0. The second-order valence-electron chi connectivity index (χ2n) is 10.5. The van der Waals surface area contributed by atoms with Gasteiger partial charge in [0.05, 0.1) is 5.69 Å². The summed E-state index contributed by atoms with van der Waals surface area (Å²) >= 11 is 0. The van der Waals surface area contributed by atoms with E-state index in [1.54, 1.807) is 0 Å². The van der Waals surface area contributed by atoms with Crippen LogP contribution >= 0.6 is 0 Å². The van der Waals surface area contributed by atoms with Gasteiger partial charge in [0.15, 0.2) is 0 Å². The monoisotopic (exact) mass is 479 g/mol. The highest BCUT2D eigenvalue weighted by Crippen LogP contribution is 2.23. The van der Waals surface area contributed by atoms with Gasteiger partial charge in [-0.25, -0.2) is 0 Å². The fourth-order valence-electron chi connectivity index (χ4n) is 5.98. The van der Waals surface area contributed by atoms with Crippen LogP contribution < -0.4 is 16.4 Å². The lowest BCUT2D eigenvalue weighted by atomic mass is 9.34. The van der Waals surface area contributed by atoms with E-state index in [1.165, 1.54) is 60.9 Å². The smallest absolute Gasteiger partial charge is 0.244 e. The molecule has 0 N–H and O–H groups in total.